The summed E-state index contributed by atoms with van der Waals surface area (Å²) in [5, 5.41) is 5.54. The third kappa shape index (κ3) is 5.71. The lowest BCUT2D eigenvalue weighted by atomic mass is 10.0. The molecule has 0 spiro atoms. The van der Waals surface area contributed by atoms with Gasteiger partial charge < -0.3 is 10.6 Å². The van der Waals surface area contributed by atoms with Crippen LogP contribution in [0.1, 0.15) is 17.3 Å². The lowest BCUT2D eigenvalue weighted by Crippen LogP contribution is -2.39. The minimum atomic E-state index is -0.715. The topological polar surface area (TPSA) is 74.3 Å². The lowest BCUT2D eigenvalue weighted by Gasteiger charge is -2.27. The molecule has 0 bridgehead atoms. The summed E-state index contributed by atoms with van der Waals surface area (Å²) in [4.78, 5) is 31.5. The molecule has 0 radical (unpaired) electrons. The highest BCUT2D eigenvalue weighted by Gasteiger charge is 2.26. The van der Waals surface area contributed by atoms with Gasteiger partial charge in [0, 0.05) is 11.4 Å². The Hall–Kier alpha value is -3.58. The first kappa shape index (κ1) is 21.1. The van der Waals surface area contributed by atoms with E-state index in [1.807, 2.05) is 49.4 Å². The molecule has 3 rings (SSSR count). The average Bonchev–Trinajstić information content (AvgIpc) is 2.70. The Morgan fingerprint density at radius 2 is 1.67 bits per heavy atom. The van der Waals surface area contributed by atoms with Gasteiger partial charge in [-0.2, -0.15) is 0 Å². The maximum atomic E-state index is 13.2. The van der Waals surface area contributed by atoms with Gasteiger partial charge in [-0.15, -0.1) is 0 Å². The molecule has 0 saturated carbocycles. The number of benzene rings is 2. The van der Waals surface area contributed by atoms with Crippen molar-refractivity contribution in [3.8, 4) is 0 Å². The van der Waals surface area contributed by atoms with Crippen LogP contribution in [0.25, 0.3) is 0 Å². The molecule has 1 aromatic heterocycles. The summed E-state index contributed by atoms with van der Waals surface area (Å²) in [5.41, 5.74) is 2.01. The molecule has 0 saturated heterocycles. The normalized spacial score (nSPS) is 11.7. The first-order chi connectivity index (χ1) is 14.4. The van der Waals surface area contributed by atoms with Crippen LogP contribution >= 0.6 is 0 Å². The highest BCUT2D eigenvalue weighted by Crippen LogP contribution is 2.22. The van der Waals surface area contributed by atoms with Crippen LogP contribution in [0, 0.1) is 12.7 Å². The van der Waals surface area contributed by atoms with Crippen LogP contribution in [0.3, 0.4) is 0 Å². The number of carbonyl (C=O) groups excluding carboxylic acids is 2. The summed E-state index contributed by atoms with van der Waals surface area (Å²) >= 11 is 0. The average molecular weight is 406 g/mol. The highest BCUT2D eigenvalue weighted by atomic mass is 19.1. The van der Waals surface area contributed by atoms with Gasteiger partial charge in [-0.25, -0.2) is 9.37 Å². The molecule has 7 heteroatoms. The van der Waals surface area contributed by atoms with Crippen molar-refractivity contribution in [2.75, 3.05) is 24.2 Å². The van der Waals surface area contributed by atoms with Gasteiger partial charge in [0.25, 0.3) is 0 Å². The Morgan fingerprint density at radius 1 is 0.967 bits per heavy atom. The molecule has 1 unspecified atom stereocenters. The van der Waals surface area contributed by atoms with E-state index < -0.39 is 6.04 Å². The van der Waals surface area contributed by atoms with E-state index >= 15 is 0 Å². The number of carbonyl (C=O) groups is 2. The number of anilines is 2. The van der Waals surface area contributed by atoms with Gasteiger partial charge in [0.2, 0.25) is 11.8 Å². The molecular weight excluding hydrogens is 383 g/mol. The Balaban J connectivity index is 1.75. The van der Waals surface area contributed by atoms with Crippen LogP contribution in [-0.2, 0) is 9.59 Å². The zero-order valence-corrected chi connectivity index (χ0v) is 16.8. The summed E-state index contributed by atoms with van der Waals surface area (Å²) in [6.45, 7) is 1.82. The fraction of sp³-hybridized carbons (Fsp3) is 0.174. The fourth-order valence-electron chi connectivity index (χ4n) is 3.10. The van der Waals surface area contributed by atoms with Crippen molar-refractivity contribution in [2.24, 2.45) is 0 Å². The molecule has 3 aromatic rings. The number of aromatic nitrogens is 1. The summed E-state index contributed by atoms with van der Waals surface area (Å²) in [5.74, 6) is -0.533. The van der Waals surface area contributed by atoms with Gasteiger partial charge in [0.15, 0.2) is 0 Å². The quantitative estimate of drug-likeness (QED) is 0.626. The summed E-state index contributed by atoms with van der Waals surface area (Å²) in [6.07, 6.45) is 0. The van der Waals surface area contributed by atoms with Crippen molar-refractivity contribution in [1.82, 2.24) is 9.88 Å². The standard InChI is InChI=1S/C23H23FN4O2/c1-16-7-6-10-20(25-16)27-21(29)15-28(2)22(17-8-4-3-5-9-17)23(30)26-19-13-11-18(24)12-14-19/h3-14,22H,15H2,1-2H3,(H,26,30)(H,25,27,29). The van der Waals surface area contributed by atoms with Crippen LogP contribution in [0.15, 0.2) is 72.8 Å². The second-order valence-electron chi connectivity index (χ2n) is 6.94. The molecule has 2 aromatic carbocycles. The third-order valence-electron chi connectivity index (χ3n) is 4.47. The van der Waals surface area contributed by atoms with Crippen molar-refractivity contribution in [2.45, 2.75) is 13.0 Å². The highest BCUT2D eigenvalue weighted by molar-refractivity contribution is 5.96. The molecule has 0 aliphatic heterocycles. The molecular formula is C23H23FN4O2. The molecule has 2 amide bonds. The van der Waals surface area contributed by atoms with Gasteiger partial charge in [0.05, 0.1) is 6.54 Å². The van der Waals surface area contributed by atoms with Crippen molar-refractivity contribution in [3.05, 3.63) is 89.9 Å². The van der Waals surface area contributed by atoms with Crippen LogP contribution in [0.4, 0.5) is 15.9 Å². The molecule has 0 aliphatic carbocycles. The van der Waals surface area contributed by atoms with Crippen molar-refractivity contribution >= 4 is 23.3 Å². The van der Waals surface area contributed by atoms with E-state index in [0.717, 1.165) is 11.3 Å². The van der Waals surface area contributed by atoms with E-state index in [4.69, 9.17) is 0 Å². The van der Waals surface area contributed by atoms with Crippen LogP contribution in [-0.4, -0.2) is 35.3 Å². The summed E-state index contributed by atoms with van der Waals surface area (Å²) in [7, 11) is 1.70. The van der Waals surface area contributed by atoms with E-state index in [-0.39, 0.29) is 24.2 Å². The number of hydrogen-bond acceptors (Lipinski definition) is 4. The van der Waals surface area contributed by atoms with Gasteiger partial charge in [-0.1, -0.05) is 36.4 Å². The maximum absolute atomic E-state index is 13.2. The Labute approximate surface area is 174 Å². The number of hydrogen-bond donors (Lipinski definition) is 2. The molecule has 0 fully saturated rings. The van der Waals surface area contributed by atoms with E-state index in [0.29, 0.717) is 11.5 Å². The van der Waals surface area contributed by atoms with E-state index in [1.165, 1.54) is 24.3 Å². The van der Waals surface area contributed by atoms with Gasteiger partial charge >= 0.3 is 0 Å². The maximum Gasteiger partial charge on any atom is 0.246 e. The molecule has 154 valence electrons. The van der Waals surface area contributed by atoms with E-state index in [2.05, 4.69) is 15.6 Å². The second kappa shape index (κ2) is 9.76. The second-order valence-corrected chi connectivity index (χ2v) is 6.94. The number of likely N-dealkylation sites (N-methyl/N-ethyl adjacent to an activating group) is 1. The first-order valence-electron chi connectivity index (χ1n) is 9.47. The van der Waals surface area contributed by atoms with Gasteiger partial charge in [-0.3, -0.25) is 14.5 Å². The Kier molecular flexibility index (Phi) is 6.87. The van der Waals surface area contributed by atoms with Crippen molar-refractivity contribution in [1.29, 1.82) is 0 Å². The number of nitrogens with one attached hydrogen (secondary N) is 2. The predicted octanol–water partition coefficient (Wildman–Crippen LogP) is 3.78. The third-order valence-corrected chi connectivity index (χ3v) is 4.47. The van der Waals surface area contributed by atoms with Crippen molar-refractivity contribution < 1.29 is 14.0 Å². The molecule has 30 heavy (non-hydrogen) atoms. The molecule has 2 N–H and O–H groups in total. The minimum absolute atomic E-state index is 0.0218. The van der Waals surface area contributed by atoms with Gasteiger partial charge in [-0.05, 0) is 55.9 Å². The summed E-state index contributed by atoms with van der Waals surface area (Å²) < 4.78 is 13.2. The predicted molar refractivity (Wildman–Crippen MR) is 114 cm³/mol. The first-order valence-corrected chi connectivity index (χ1v) is 9.47. The van der Waals surface area contributed by atoms with Crippen molar-refractivity contribution in [3.63, 3.8) is 0 Å². The van der Waals surface area contributed by atoms with Gasteiger partial charge in [0.1, 0.15) is 17.7 Å². The Bertz CT molecular complexity index is 1010. The molecule has 6 nitrogen and oxygen atoms in total. The lowest BCUT2D eigenvalue weighted by molar-refractivity contribution is -0.123. The van der Waals surface area contributed by atoms with Crippen LogP contribution < -0.4 is 10.6 Å². The largest absolute Gasteiger partial charge is 0.324 e. The number of nitrogens with zero attached hydrogens (tertiary/aromatic N) is 2. The van der Waals surface area contributed by atoms with E-state index in [9.17, 15) is 14.0 Å². The minimum Gasteiger partial charge on any atom is -0.324 e. The number of aryl methyl sites for hydroxylation is 1. The zero-order valence-electron chi connectivity index (χ0n) is 16.8. The smallest absolute Gasteiger partial charge is 0.246 e. The monoisotopic (exact) mass is 406 g/mol. The molecule has 1 heterocycles. The number of rotatable bonds is 7. The fourth-order valence-corrected chi connectivity index (χ4v) is 3.10. The number of halogens is 1. The summed E-state index contributed by atoms with van der Waals surface area (Å²) in [6, 6.07) is 19.3. The van der Waals surface area contributed by atoms with Crippen LogP contribution in [0.2, 0.25) is 0 Å². The van der Waals surface area contributed by atoms with Crippen LogP contribution in [0.5, 0.6) is 0 Å². The zero-order chi connectivity index (χ0) is 21.5. The van der Waals surface area contributed by atoms with E-state index in [1.54, 1.807) is 18.0 Å². The number of pyridine rings is 1. The molecule has 1 atom stereocenters. The number of amides is 2. The Morgan fingerprint density at radius 3 is 2.33 bits per heavy atom. The molecule has 0 aliphatic rings. The SMILES string of the molecule is Cc1cccc(NC(=O)CN(C)C(C(=O)Nc2ccc(F)cc2)c2ccccc2)n1.